The van der Waals surface area contributed by atoms with Gasteiger partial charge in [0, 0.05) is 13.1 Å². The smallest absolute Gasteiger partial charge is 0.245 e. The first-order valence-corrected chi connectivity index (χ1v) is 8.84. The Morgan fingerprint density at radius 1 is 1.12 bits per heavy atom. The first-order valence-electron chi connectivity index (χ1n) is 8.84. The second-order valence-corrected chi connectivity index (χ2v) is 6.59. The molecule has 0 spiro atoms. The molecule has 1 aliphatic rings. The number of ether oxygens (including phenoxy) is 1. The molecule has 2 amide bonds. The summed E-state index contributed by atoms with van der Waals surface area (Å²) in [7, 11) is 1.61. The maximum atomic E-state index is 12.7. The van der Waals surface area contributed by atoms with Crippen molar-refractivity contribution in [3.63, 3.8) is 0 Å². The molecule has 1 atom stereocenters. The zero-order valence-corrected chi connectivity index (χ0v) is 15.2. The lowest BCUT2D eigenvalue weighted by molar-refractivity contribution is -0.136. The van der Waals surface area contributed by atoms with E-state index in [1.165, 1.54) is 11.1 Å². The number of benzene rings is 2. The van der Waals surface area contributed by atoms with Gasteiger partial charge in [-0.05, 0) is 42.2 Å². The summed E-state index contributed by atoms with van der Waals surface area (Å²) in [5.41, 5.74) is 3.37. The van der Waals surface area contributed by atoms with Crippen molar-refractivity contribution < 1.29 is 14.3 Å². The molecular weight excluding hydrogens is 328 g/mol. The van der Waals surface area contributed by atoms with Gasteiger partial charge in [0.15, 0.2) is 0 Å². The zero-order valence-electron chi connectivity index (χ0n) is 15.2. The van der Waals surface area contributed by atoms with Gasteiger partial charge in [-0.2, -0.15) is 0 Å². The molecule has 2 aromatic carbocycles. The average Bonchev–Trinajstić information content (AvgIpc) is 2.67. The van der Waals surface area contributed by atoms with E-state index in [1.54, 1.807) is 14.0 Å². The number of methoxy groups -OCH3 is 1. The van der Waals surface area contributed by atoms with Crippen LogP contribution in [0.25, 0.3) is 0 Å². The molecule has 26 heavy (non-hydrogen) atoms. The van der Waals surface area contributed by atoms with Crippen molar-refractivity contribution in [2.45, 2.75) is 32.4 Å². The molecule has 0 aromatic heterocycles. The van der Waals surface area contributed by atoms with Gasteiger partial charge in [0.05, 0.1) is 13.5 Å². The van der Waals surface area contributed by atoms with Gasteiger partial charge in [0.2, 0.25) is 11.8 Å². The molecule has 0 fully saturated rings. The van der Waals surface area contributed by atoms with Crippen molar-refractivity contribution >= 4 is 11.8 Å². The molecule has 3 rings (SSSR count). The SMILES string of the molecule is COc1ccc(CC(=O)N[C@@H](C)C(=O)N2CCc3ccccc3C2)cc1. The number of nitrogens with one attached hydrogen (secondary N) is 1. The lowest BCUT2D eigenvalue weighted by Crippen LogP contribution is -2.48. The second-order valence-electron chi connectivity index (χ2n) is 6.59. The van der Waals surface area contributed by atoms with Crippen LogP contribution in [0.4, 0.5) is 0 Å². The predicted octanol–water partition coefficient (Wildman–Crippen LogP) is 2.33. The summed E-state index contributed by atoms with van der Waals surface area (Å²) in [4.78, 5) is 26.7. The van der Waals surface area contributed by atoms with Crippen LogP contribution in [0.5, 0.6) is 5.75 Å². The predicted molar refractivity (Wildman–Crippen MR) is 99.9 cm³/mol. The Morgan fingerprint density at radius 3 is 2.50 bits per heavy atom. The molecule has 1 heterocycles. The Kier molecular flexibility index (Phi) is 5.56. The van der Waals surface area contributed by atoms with Crippen molar-refractivity contribution in [3.05, 3.63) is 65.2 Å². The van der Waals surface area contributed by atoms with E-state index in [0.29, 0.717) is 13.1 Å². The molecule has 2 aromatic rings. The molecule has 0 saturated carbocycles. The monoisotopic (exact) mass is 352 g/mol. The maximum Gasteiger partial charge on any atom is 0.245 e. The summed E-state index contributed by atoms with van der Waals surface area (Å²) in [5, 5.41) is 2.82. The number of carbonyl (C=O) groups is 2. The van der Waals surface area contributed by atoms with Crippen LogP contribution >= 0.6 is 0 Å². The number of hydrogen-bond donors (Lipinski definition) is 1. The highest BCUT2D eigenvalue weighted by Crippen LogP contribution is 2.19. The highest BCUT2D eigenvalue weighted by Gasteiger charge is 2.25. The third kappa shape index (κ3) is 4.23. The Morgan fingerprint density at radius 2 is 1.81 bits per heavy atom. The third-order valence-corrected chi connectivity index (χ3v) is 4.71. The fraction of sp³-hybridized carbons (Fsp3) is 0.333. The molecular formula is C21H24N2O3. The van der Waals surface area contributed by atoms with Crippen LogP contribution in [0.15, 0.2) is 48.5 Å². The molecule has 0 radical (unpaired) electrons. The highest BCUT2D eigenvalue weighted by atomic mass is 16.5. The van der Waals surface area contributed by atoms with Crippen molar-refractivity contribution in [1.29, 1.82) is 0 Å². The van der Waals surface area contributed by atoms with Gasteiger partial charge in [0.25, 0.3) is 0 Å². The van der Waals surface area contributed by atoms with E-state index in [4.69, 9.17) is 4.74 Å². The summed E-state index contributed by atoms with van der Waals surface area (Å²) in [6.45, 7) is 3.04. The normalized spacial score (nSPS) is 14.3. The minimum Gasteiger partial charge on any atom is -0.497 e. The summed E-state index contributed by atoms with van der Waals surface area (Å²) in [5.74, 6) is 0.555. The van der Waals surface area contributed by atoms with Crippen LogP contribution in [0.1, 0.15) is 23.6 Å². The van der Waals surface area contributed by atoms with Crippen LogP contribution in [0.2, 0.25) is 0 Å². The second kappa shape index (κ2) is 8.04. The quantitative estimate of drug-likeness (QED) is 0.898. The first-order chi connectivity index (χ1) is 12.6. The minimum absolute atomic E-state index is 0.0393. The third-order valence-electron chi connectivity index (χ3n) is 4.71. The maximum absolute atomic E-state index is 12.7. The van der Waals surface area contributed by atoms with Crippen molar-refractivity contribution in [3.8, 4) is 5.75 Å². The summed E-state index contributed by atoms with van der Waals surface area (Å²) in [6.07, 6.45) is 1.10. The van der Waals surface area contributed by atoms with Crippen molar-refractivity contribution in [2.75, 3.05) is 13.7 Å². The molecule has 0 aliphatic carbocycles. The Hall–Kier alpha value is -2.82. The van der Waals surface area contributed by atoms with E-state index >= 15 is 0 Å². The summed E-state index contributed by atoms with van der Waals surface area (Å²) >= 11 is 0. The molecule has 0 bridgehead atoms. The van der Waals surface area contributed by atoms with Crippen LogP contribution in [0.3, 0.4) is 0 Å². The lowest BCUT2D eigenvalue weighted by atomic mass is 9.99. The number of carbonyl (C=O) groups excluding carboxylic acids is 2. The van der Waals surface area contributed by atoms with Gasteiger partial charge in [-0.1, -0.05) is 36.4 Å². The van der Waals surface area contributed by atoms with Gasteiger partial charge in [-0.3, -0.25) is 9.59 Å². The van der Waals surface area contributed by atoms with Crippen LogP contribution in [-0.4, -0.2) is 36.4 Å². The fourth-order valence-electron chi connectivity index (χ4n) is 3.24. The first kappa shape index (κ1) is 18.0. The van der Waals surface area contributed by atoms with Gasteiger partial charge >= 0.3 is 0 Å². The van der Waals surface area contributed by atoms with Crippen LogP contribution in [-0.2, 0) is 29.0 Å². The number of rotatable bonds is 5. The van der Waals surface area contributed by atoms with Crippen molar-refractivity contribution in [2.24, 2.45) is 0 Å². The standard InChI is InChI=1S/C21H24N2O3/c1-15(22-20(24)13-16-7-9-19(26-2)10-8-16)21(25)23-12-11-17-5-3-4-6-18(17)14-23/h3-10,15H,11-14H2,1-2H3,(H,22,24)/t15-/m0/s1. The van der Waals surface area contributed by atoms with E-state index in [2.05, 4.69) is 17.4 Å². The number of hydrogen-bond acceptors (Lipinski definition) is 3. The molecule has 0 saturated heterocycles. The van der Waals surface area contributed by atoms with E-state index in [1.807, 2.05) is 41.3 Å². The van der Waals surface area contributed by atoms with Gasteiger partial charge in [0.1, 0.15) is 11.8 Å². The fourth-order valence-corrected chi connectivity index (χ4v) is 3.24. The highest BCUT2D eigenvalue weighted by molar-refractivity contribution is 5.88. The van der Waals surface area contributed by atoms with Crippen LogP contribution in [0, 0.1) is 0 Å². The van der Waals surface area contributed by atoms with E-state index in [9.17, 15) is 9.59 Å². The molecule has 0 unspecified atom stereocenters. The number of fused-ring (bicyclic) bond motifs is 1. The topological polar surface area (TPSA) is 58.6 Å². The number of amides is 2. The Balaban J connectivity index is 1.54. The summed E-state index contributed by atoms with van der Waals surface area (Å²) in [6, 6.07) is 15.0. The number of nitrogens with zero attached hydrogens (tertiary/aromatic N) is 1. The van der Waals surface area contributed by atoms with E-state index in [-0.39, 0.29) is 18.2 Å². The molecule has 1 aliphatic heterocycles. The van der Waals surface area contributed by atoms with Gasteiger partial charge in [-0.15, -0.1) is 0 Å². The van der Waals surface area contributed by atoms with Crippen molar-refractivity contribution in [1.82, 2.24) is 10.2 Å². The lowest BCUT2D eigenvalue weighted by Gasteiger charge is -2.31. The molecule has 5 nitrogen and oxygen atoms in total. The molecule has 5 heteroatoms. The van der Waals surface area contributed by atoms with E-state index < -0.39 is 6.04 Å². The largest absolute Gasteiger partial charge is 0.497 e. The summed E-state index contributed by atoms with van der Waals surface area (Å²) < 4.78 is 5.11. The Bertz CT molecular complexity index is 786. The van der Waals surface area contributed by atoms with Crippen LogP contribution < -0.4 is 10.1 Å². The molecule has 1 N–H and O–H groups in total. The average molecular weight is 352 g/mol. The zero-order chi connectivity index (χ0) is 18.5. The Labute approximate surface area is 154 Å². The van der Waals surface area contributed by atoms with Gasteiger partial charge < -0.3 is 15.0 Å². The minimum atomic E-state index is -0.536. The van der Waals surface area contributed by atoms with Gasteiger partial charge in [-0.25, -0.2) is 0 Å². The molecule has 136 valence electrons. The van der Waals surface area contributed by atoms with E-state index in [0.717, 1.165) is 17.7 Å².